The molecule has 1 fully saturated rings. The Labute approximate surface area is 135 Å². The van der Waals surface area contributed by atoms with Crippen molar-refractivity contribution in [1.82, 2.24) is 9.80 Å². The van der Waals surface area contributed by atoms with E-state index in [1.807, 2.05) is 73.8 Å². The average Bonchev–Trinajstić information content (AvgIpc) is 2.75. The van der Waals surface area contributed by atoms with E-state index >= 15 is 0 Å². The Kier molecular flexibility index (Phi) is 4.02. The molecule has 110 valence electrons. The maximum Gasteiger partial charge on any atom is 0.277 e. The van der Waals surface area contributed by atoms with Crippen LogP contribution in [0.3, 0.4) is 0 Å². The molecule has 2 aromatic carbocycles. The van der Waals surface area contributed by atoms with Gasteiger partial charge in [0.15, 0.2) is 5.11 Å². The molecule has 1 amide bonds. The van der Waals surface area contributed by atoms with E-state index in [1.54, 1.807) is 9.80 Å². The van der Waals surface area contributed by atoms with Gasteiger partial charge in [-0.2, -0.15) is 0 Å². The van der Waals surface area contributed by atoms with Crippen LogP contribution in [-0.4, -0.2) is 27.9 Å². The molecule has 0 atom stereocenters. The summed E-state index contributed by atoms with van der Waals surface area (Å²) in [5.41, 5.74) is 2.65. The number of nitrogens with zero attached hydrogens (tertiary/aromatic N) is 2. The van der Waals surface area contributed by atoms with Crippen LogP contribution in [0.15, 0.2) is 66.4 Å². The Morgan fingerprint density at radius 1 is 1.00 bits per heavy atom. The summed E-state index contributed by atoms with van der Waals surface area (Å²) in [6, 6.07) is 19.7. The standard InChI is InChI=1S/C18H16N2OS/c1-19-16(12-14-8-4-2-5-9-14)17(21)20(18(19)22)13-15-10-6-3-7-11-15/h2-12H,13H2,1H3/b16-12-. The van der Waals surface area contributed by atoms with Gasteiger partial charge < -0.3 is 4.90 Å². The average molecular weight is 308 g/mol. The zero-order valence-electron chi connectivity index (χ0n) is 12.3. The SMILES string of the molecule is CN1C(=S)N(Cc2ccccc2)C(=O)/C1=C/c1ccccc1. The third-order valence-corrected chi connectivity index (χ3v) is 4.12. The summed E-state index contributed by atoms with van der Waals surface area (Å²) in [7, 11) is 1.83. The van der Waals surface area contributed by atoms with Crippen molar-refractivity contribution in [3.8, 4) is 0 Å². The lowest BCUT2D eigenvalue weighted by Crippen LogP contribution is -2.30. The molecule has 0 saturated carbocycles. The number of hydrogen-bond donors (Lipinski definition) is 0. The molecule has 0 aromatic heterocycles. The highest BCUT2D eigenvalue weighted by Gasteiger charge is 2.35. The Hall–Kier alpha value is -2.46. The second-order valence-electron chi connectivity index (χ2n) is 5.16. The van der Waals surface area contributed by atoms with Crippen LogP contribution in [0.1, 0.15) is 11.1 Å². The van der Waals surface area contributed by atoms with Gasteiger partial charge in [0.1, 0.15) is 5.70 Å². The van der Waals surface area contributed by atoms with Gasteiger partial charge in [-0.05, 0) is 29.4 Å². The summed E-state index contributed by atoms with van der Waals surface area (Å²) >= 11 is 5.42. The van der Waals surface area contributed by atoms with E-state index in [0.717, 1.165) is 11.1 Å². The maximum absolute atomic E-state index is 12.7. The van der Waals surface area contributed by atoms with Gasteiger partial charge in [-0.15, -0.1) is 0 Å². The number of benzene rings is 2. The second kappa shape index (κ2) is 6.12. The summed E-state index contributed by atoms with van der Waals surface area (Å²) in [6.45, 7) is 0.495. The maximum atomic E-state index is 12.7. The minimum atomic E-state index is -0.0554. The predicted octanol–water partition coefficient (Wildman–Crippen LogP) is 3.29. The van der Waals surface area contributed by atoms with E-state index in [4.69, 9.17) is 12.2 Å². The quantitative estimate of drug-likeness (QED) is 0.642. The third-order valence-electron chi connectivity index (χ3n) is 3.63. The number of carbonyl (C=O) groups excluding carboxylic acids is 1. The highest BCUT2D eigenvalue weighted by Crippen LogP contribution is 2.23. The monoisotopic (exact) mass is 308 g/mol. The molecule has 1 saturated heterocycles. The number of thiocarbonyl (C=S) groups is 1. The second-order valence-corrected chi connectivity index (χ2v) is 5.52. The van der Waals surface area contributed by atoms with Crippen LogP contribution >= 0.6 is 12.2 Å². The summed E-state index contributed by atoms with van der Waals surface area (Å²) < 4.78 is 0. The first-order valence-corrected chi connectivity index (χ1v) is 7.48. The van der Waals surface area contributed by atoms with Crippen molar-refractivity contribution in [1.29, 1.82) is 0 Å². The van der Waals surface area contributed by atoms with E-state index in [-0.39, 0.29) is 5.91 Å². The molecule has 0 radical (unpaired) electrons. The van der Waals surface area contributed by atoms with Crippen LogP contribution in [0, 0.1) is 0 Å². The molecule has 4 heteroatoms. The van der Waals surface area contributed by atoms with Crippen molar-refractivity contribution >= 4 is 29.3 Å². The largest absolute Gasteiger partial charge is 0.317 e. The summed E-state index contributed by atoms with van der Waals surface area (Å²) in [5, 5.41) is 0.538. The molecule has 0 spiro atoms. The fourth-order valence-electron chi connectivity index (χ4n) is 2.42. The Morgan fingerprint density at radius 2 is 1.59 bits per heavy atom. The van der Waals surface area contributed by atoms with Crippen molar-refractivity contribution in [2.24, 2.45) is 0 Å². The van der Waals surface area contributed by atoms with Gasteiger partial charge >= 0.3 is 0 Å². The number of hydrogen-bond acceptors (Lipinski definition) is 2. The summed E-state index contributed by atoms with van der Waals surface area (Å²) in [6.07, 6.45) is 1.87. The van der Waals surface area contributed by atoms with Gasteiger partial charge in [0, 0.05) is 7.05 Å². The first kappa shape index (κ1) is 14.5. The first-order chi connectivity index (χ1) is 10.7. The van der Waals surface area contributed by atoms with E-state index in [9.17, 15) is 4.79 Å². The molecule has 3 nitrogen and oxygen atoms in total. The highest BCUT2D eigenvalue weighted by molar-refractivity contribution is 7.80. The molecule has 0 N–H and O–H groups in total. The molecule has 22 heavy (non-hydrogen) atoms. The van der Waals surface area contributed by atoms with Crippen LogP contribution in [0.4, 0.5) is 0 Å². The fraction of sp³-hybridized carbons (Fsp3) is 0.111. The van der Waals surface area contributed by atoms with Crippen molar-refractivity contribution in [3.63, 3.8) is 0 Å². The third kappa shape index (κ3) is 2.78. The van der Waals surface area contributed by atoms with Gasteiger partial charge in [0.05, 0.1) is 6.54 Å². The van der Waals surface area contributed by atoms with Crippen molar-refractivity contribution in [2.45, 2.75) is 6.54 Å². The summed E-state index contributed by atoms with van der Waals surface area (Å²) in [4.78, 5) is 16.1. The van der Waals surface area contributed by atoms with E-state index < -0.39 is 0 Å². The fourth-order valence-corrected chi connectivity index (χ4v) is 2.67. The lowest BCUT2D eigenvalue weighted by atomic mass is 10.2. The zero-order valence-corrected chi connectivity index (χ0v) is 13.1. The molecule has 1 heterocycles. The van der Waals surface area contributed by atoms with Crippen molar-refractivity contribution < 1.29 is 4.79 Å². The lowest BCUT2D eigenvalue weighted by molar-refractivity contribution is -0.122. The molecule has 0 aliphatic carbocycles. The van der Waals surface area contributed by atoms with Gasteiger partial charge in [-0.3, -0.25) is 9.69 Å². The minimum absolute atomic E-state index is 0.0554. The highest BCUT2D eigenvalue weighted by atomic mass is 32.1. The molecule has 0 unspecified atom stereocenters. The van der Waals surface area contributed by atoms with Crippen LogP contribution in [0.2, 0.25) is 0 Å². The number of likely N-dealkylation sites (N-methyl/N-ethyl adjacent to an activating group) is 1. The van der Waals surface area contributed by atoms with Crippen LogP contribution in [0.25, 0.3) is 6.08 Å². The summed E-state index contributed by atoms with van der Waals surface area (Å²) in [5.74, 6) is -0.0554. The van der Waals surface area contributed by atoms with Crippen LogP contribution in [-0.2, 0) is 11.3 Å². The number of carbonyl (C=O) groups is 1. The van der Waals surface area contributed by atoms with E-state index in [2.05, 4.69) is 0 Å². The predicted molar refractivity (Wildman–Crippen MR) is 91.8 cm³/mol. The van der Waals surface area contributed by atoms with Gasteiger partial charge in [-0.25, -0.2) is 0 Å². The van der Waals surface area contributed by atoms with E-state index in [1.165, 1.54) is 0 Å². The van der Waals surface area contributed by atoms with Gasteiger partial charge in [-0.1, -0.05) is 60.7 Å². The molecular formula is C18H16N2OS. The molecule has 0 bridgehead atoms. The normalized spacial score (nSPS) is 16.7. The van der Waals surface area contributed by atoms with Gasteiger partial charge in [0.25, 0.3) is 5.91 Å². The van der Waals surface area contributed by atoms with Gasteiger partial charge in [0.2, 0.25) is 0 Å². The van der Waals surface area contributed by atoms with Crippen LogP contribution < -0.4 is 0 Å². The van der Waals surface area contributed by atoms with Crippen molar-refractivity contribution in [3.05, 3.63) is 77.5 Å². The molecule has 2 aromatic rings. The lowest BCUT2D eigenvalue weighted by Gasteiger charge is -2.16. The molecule has 1 aliphatic heterocycles. The Balaban J connectivity index is 1.88. The van der Waals surface area contributed by atoms with Crippen LogP contribution in [0.5, 0.6) is 0 Å². The zero-order chi connectivity index (χ0) is 15.5. The Bertz CT molecular complexity index is 725. The number of rotatable bonds is 3. The minimum Gasteiger partial charge on any atom is -0.317 e. The number of amides is 1. The Morgan fingerprint density at radius 3 is 2.23 bits per heavy atom. The van der Waals surface area contributed by atoms with Crippen molar-refractivity contribution in [2.75, 3.05) is 7.05 Å². The van der Waals surface area contributed by atoms with E-state index in [0.29, 0.717) is 17.4 Å². The molecule has 1 aliphatic rings. The molecule has 3 rings (SSSR count). The molecular weight excluding hydrogens is 292 g/mol. The smallest absolute Gasteiger partial charge is 0.277 e. The topological polar surface area (TPSA) is 23.6 Å². The first-order valence-electron chi connectivity index (χ1n) is 7.07.